The van der Waals surface area contributed by atoms with Crippen LogP contribution in [0.4, 0.5) is 0 Å². The second kappa shape index (κ2) is 8.02. The van der Waals surface area contributed by atoms with E-state index in [0.29, 0.717) is 12.4 Å². The molecule has 0 spiro atoms. The highest BCUT2D eigenvalue weighted by Gasteiger charge is 2.09. The molecule has 0 saturated carbocycles. The molecule has 0 aromatic heterocycles. The summed E-state index contributed by atoms with van der Waals surface area (Å²) in [5.41, 5.74) is 2.13. The lowest BCUT2D eigenvalue weighted by Gasteiger charge is -2.06. The molecule has 0 bridgehead atoms. The summed E-state index contributed by atoms with van der Waals surface area (Å²) in [5, 5.41) is 19.2. The minimum Gasteiger partial charge on any atom is -0.508 e. The van der Waals surface area contributed by atoms with Crippen molar-refractivity contribution in [2.75, 3.05) is 6.61 Å². The van der Waals surface area contributed by atoms with Gasteiger partial charge in [0.2, 0.25) is 0 Å². The van der Waals surface area contributed by atoms with Gasteiger partial charge in [-0.25, -0.2) is 0 Å². The first-order valence-corrected chi connectivity index (χ1v) is 7.56. The summed E-state index contributed by atoms with van der Waals surface area (Å²) in [4.78, 5) is 12.2. The molecule has 0 atom stereocenters. The van der Waals surface area contributed by atoms with Crippen molar-refractivity contribution in [1.82, 2.24) is 0 Å². The minimum absolute atomic E-state index is 0.120. The van der Waals surface area contributed by atoms with Crippen LogP contribution in [0.2, 0.25) is 0 Å². The van der Waals surface area contributed by atoms with Gasteiger partial charge in [0.15, 0.2) is 5.78 Å². The van der Waals surface area contributed by atoms with Crippen LogP contribution in [0.5, 0.6) is 17.2 Å². The summed E-state index contributed by atoms with van der Waals surface area (Å²) in [6.07, 6.45) is 4.93. The third-order valence-corrected chi connectivity index (χ3v) is 3.30. The molecule has 0 aliphatic rings. The minimum atomic E-state index is -0.309. The topological polar surface area (TPSA) is 66.8 Å². The SMILES string of the molecule is CC(C)=CCOc1ccc(C(=O)/C=C/c2ccc(O)cc2)c(O)c1. The van der Waals surface area contributed by atoms with Crippen LogP contribution >= 0.6 is 0 Å². The number of rotatable bonds is 6. The Morgan fingerprint density at radius 3 is 2.42 bits per heavy atom. The molecule has 2 aromatic carbocycles. The van der Waals surface area contributed by atoms with Crippen LogP contribution in [0, 0.1) is 0 Å². The van der Waals surface area contributed by atoms with Gasteiger partial charge in [-0.3, -0.25) is 4.79 Å². The highest BCUT2D eigenvalue weighted by atomic mass is 16.5. The molecule has 0 aliphatic carbocycles. The van der Waals surface area contributed by atoms with Crippen molar-refractivity contribution < 1.29 is 19.7 Å². The van der Waals surface area contributed by atoms with Crippen molar-refractivity contribution >= 4 is 11.9 Å². The highest BCUT2D eigenvalue weighted by molar-refractivity contribution is 6.08. The van der Waals surface area contributed by atoms with E-state index >= 15 is 0 Å². The molecule has 0 radical (unpaired) electrons. The van der Waals surface area contributed by atoms with Crippen LogP contribution in [-0.2, 0) is 0 Å². The summed E-state index contributed by atoms with van der Waals surface area (Å²) < 4.78 is 5.48. The van der Waals surface area contributed by atoms with Gasteiger partial charge in [0.25, 0.3) is 0 Å². The molecular weight excluding hydrogens is 304 g/mol. The Kier molecular flexibility index (Phi) is 5.79. The van der Waals surface area contributed by atoms with Crippen LogP contribution < -0.4 is 4.74 Å². The standard InChI is InChI=1S/C20H20O4/c1-14(2)11-12-24-17-8-9-18(20(23)13-17)19(22)10-5-15-3-6-16(21)7-4-15/h3-11,13,21,23H,12H2,1-2H3/b10-5+. The first-order valence-electron chi connectivity index (χ1n) is 7.56. The first-order chi connectivity index (χ1) is 11.5. The van der Waals surface area contributed by atoms with Gasteiger partial charge < -0.3 is 14.9 Å². The van der Waals surface area contributed by atoms with Gasteiger partial charge in [0, 0.05) is 6.07 Å². The Balaban J connectivity index is 2.06. The van der Waals surface area contributed by atoms with Crippen LogP contribution in [0.25, 0.3) is 6.08 Å². The molecule has 2 aromatic rings. The monoisotopic (exact) mass is 324 g/mol. The van der Waals surface area contributed by atoms with Gasteiger partial charge in [0.1, 0.15) is 23.9 Å². The second-order valence-corrected chi connectivity index (χ2v) is 5.56. The van der Waals surface area contributed by atoms with Crippen molar-refractivity contribution in [3.63, 3.8) is 0 Å². The molecular formula is C20H20O4. The van der Waals surface area contributed by atoms with Crippen molar-refractivity contribution in [3.05, 3.63) is 71.3 Å². The van der Waals surface area contributed by atoms with Crippen LogP contribution in [0.15, 0.2) is 60.2 Å². The summed E-state index contributed by atoms with van der Waals surface area (Å²) in [6, 6.07) is 11.1. The molecule has 4 nitrogen and oxygen atoms in total. The van der Waals surface area contributed by atoms with Crippen LogP contribution in [-0.4, -0.2) is 22.6 Å². The van der Waals surface area contributed by atoms with Gasteiger partial charge >= 0.3 is 0 Å². The molecule has 0 heterocycles. The van der Waals surface area contributed by atoms with Crippen LogP contribution in [0.3, 0.4) is 0 Å². The number of phenols is 2. The molecule has 0 fully saturated rings. The quantitative estimate of drug-likeness (QED) is 0.471. The number of carbonyl (C=O) groups is 1. The lowest BCUT2D eigenvalue weighted by molar-refractivity contribution is 0.104. The van der Waals surface area contributed by atoms with Gasteiger partial charge in [-0.05, 0) is 55.8 Å². The lowest BCUT2D eigenvalue weighted by atomic mass is 10.1. The zero-order valence-corrected chi connectivity index (χ0v) is 13.7. The van der Waals surface area contributed by atoms with Crippen LogP contribution in [0.1, 0.15) is 29.8 Å². The fourth-order valence-electron chi connectivity index (χ4n) is 1.96. The molecule has 0 unspecified atom stereocenters. The summed E-state index contributed by atoms with van der Waals surface area (Å²) >= 11 is 0. The zero-order valence-electron chi connectivity index (χ0n) is 13.7. The third kappa shape index (κ3) is 5.02. The van der Waals surface area contributed by atoms with Gasteiger partial charge in [-0.15, -0.1) is 0 Å². The van der Waals surface area contributed by atoms with E-state index in [0.717, 1.165) is 11.1 Å². The normalized spacial score (nSPS) is 10.6. The number of carbonyl (C=O) groups excluding carboxylic acids is 1. The number of ether oxygens (including phenoxy) is 1. The van der Waals surface area contributed by atoms with Gasteiger partial charge in [0.05, 0.1) is 5.56 Å². The zero-order chi connectivity index (χ0) is 17.5. The second-order valence-electron chi connectivity index (χ2n) is 5.56. The molecule has 124 valence electrons. The molecule has 2 N–H and O–H groups in total. The summed E-state index contributed by atoms with van der Waals surface area (Å²) in [7, 11) is 0. The van der Waals surface area contributed by atoms with E-state index in [-0.39, 0.29) is 22.8 Å². The molecule has 24 heavy (non-hydrogen) atoms. The fraction of sp³-hybridized carbons (Fsp3) is 0.150. The summed E-state index contributed by atoms with van der Waals surface area (Å²) in [6.45, 7) is 4.36. The molecule has 0 amide bonds. The van der Waals surface area contributed by atoms with Crippen molar-refractivity contribution in [3.8, 4) is 17.2 Å². The van der Waals surface area contributed by atoms with E-state index in [1.807, 2.05) is 19.9 Å². The number of allylic oxidation sites excluding steroid dienone is 2. The van der Waals surface area contributed by atoms with Gasteiger partial charge in [-0.1, -0.05) is 23.8 Å². The number of phenolic OH excluding ortho intramolecular Hbond substituents is 2. The van der Waals surface area contributed by atoms with E-state index in [2.05, 4.69) is 0 Å². The van der Waals surface area contributed by atoms with Crippen molar-refractivity contribution in [2.45, 2.75) is 13.8 Å². The predicted molar refractivity (Wildman–Crippen MR) is 94.5 cm³/mol. The number of hydrogen-bond acceptors (Lipinski definition) is 4. The Morgan fingerprint density at radius 1 is 1.08 bits per heavy atom. The van der Waals surface area contributed by atoms with E-state index in [1.54, 1.807) is 36.4 Å². The maximum Gasteiger partial charge on any atom is 0.189 e. The maximum atomic E-state index is 12.2. The fourth-order valence-corrected chi connectivity index (χ4v) is 1.96. The number of aromatic hydroxyl groups is 2. The maximum absolute atomic E-state index is 12.2. The Hall–Kier alpha value is -3.01. The molecule has 0 aliphatic heterocycles. The predicted octanol–water partition coefficient (Wildman–Crippen LogP) is 4.34. The molecule has 0 saturated heterocycles. The third-order valence-electron chi connectivity index (χ3n) is 3.30. The Morgan fingerprint density at radius 2 is 1.79 bits per heavy atom. The Labute approximate surface area is 141 Å². The van der Waals surface area contributed by atoms with Crippen molar-refractivity contribution in [1.29, 1.82) is 0 Å². The average molecular weight is 324 g/mol. The van der Waals surface area contributed by atoms with Crippen molar-refractivity contribution in [2.24, 2.45) is 0 Å². The van der Waals surface area contributed by atoms with E-state index in [9.17, 15) is 15.0 Å². The molecule has 4 heteroatoms. The highest BCUT2D eigenvalue weighted by Crippen LogP contribution is 2.24. The number of benzene rings is 2. The smallest absolute Gasteiger partial charge is 0.189 e. The summed E-state index contributed by atoms with van der Waals surface area (Å²) in [5.74, 6) is 0.241. The Bertz CT molecular complexity index is 767. The van der Waals surface area contributed by atoms with E-state index < -0.39 is 0 Å². The first kappa shape index (κ1) is 17.3. The number of ketones is 1. The molecule has 2 rings (SSSR count). The number of hydrogen-bond donors (Lipinski definition) is 2. The van der Waals surface area contributed by atoms with Gasteiger partial charge in [-0.2, -0.15) is 0 Å². The largest absolute Gasteiger partial charge is 0.508 e. The van der Waals surface area contributed by atoms with E-state index in [1.165, 1.54) is 18.2 Å². The van der Waals surface area contributed by atoms with E-state index in [4.69, 9.17) is 4.74 Å². The lowest BCUT2D eigenvalue weighted by Crippen LogP contribution is -1.98. The average Bonchev–Trinajstić information content (AvgIpc) is 2.54.